The third-order valence-electron chi connectivity index (χ3n) is 24.7. The lowest BCUT2D eigenvalue weighted by atomic mass is 10.1. The van der Waals surface area contributed by atoms with Gasteiger partial charge in [-0.25, -0.2) is 41.9 Å². The van der Waals surface area contributed by atoms with Crippen molar-refractivity contribution >= 4 is 176 Å². The molecule has 0 aliphatic rings. The largest absolute Gasteiger partial charge is 0.573 e. The second kappa shape index (κ2) is 48.8. The van der Waals surface area contributed by atoms with Gasteiger partial charge in [-0.05, 0) is 196 Å². The van der Waals surface area contributed by atoms with Gasteiger partial charge < -0.3 is 35.4 Å². The van der Waals surface area contributed by atoms with Gasteiger partial charge in [0.05, 0.1) is 42.4 Å². The molecule has 0 saturated carbocycles. The zero-order valence-electron chi connectivity index (χ0n) is 82.5. The highest BCUT2D eigenvalue weighted by molar-refractivity contribution is 7.24. The van der Waals surface area contributed by atoms with E-state index in [-0.39, 0.29) is 131 Å². The zero-order valence-corrected chi connectivity index (χ0v) is 90.4. The first-order valence-electron chi connectivity index (χ1n) is 46.3. The summed E-state index contributed by atoms with van der Waals surface area (Å²) in [5, 5.41) is 58.8. The highest BCUT2D eigenvalue weighted by Crippen LogP contribution is 2.46. The van der Waals surface area contributed by atoms with Crippen molar-refractivity contribution in [3.63, 3.8) is 0 Å². The predicted molar refractivity (Wildman–Crippen MR) is 586 cm³/mol. The summed E-state index contributed by atoms with van der Waals surface area (Å²) in [6.45, 7) is 11.2. The quantitative estimate of drug-likeness (QED) is 0.0289. The number of hydrogen-bond acceptors (Lipinski definition) is 25. The van der Waals surface area contributed by atoms with E-state index in [2.05, 4.69) is 4.74 Å². The van der Waals surface area contributed by atoms with E-state index in [4.69, 9.17) is 77.0 Å². The minimum atomic E-state index is -4.81. The number of fused-ring (bicyclic) bond motifs is 6. The number of benzene rings is 6. The third kappa shape index (κ3) is 23.3. The molecule has 6 aromatic carbocycles. The number of nitrogens with zero attached hydrogens (tertiary/aromatic N) is 12. The van der Waals surface area contributed by atoms with Crippen LogP contribution in [0.15, 0.2) is 191 Å². The van der Waals surface area contributed by atoms with Gasteiger partial charge in [0.15, 0.2) is 11.6 Å². The Morgan fingerprint density at radius 1 is 0.293 bits per heavy atom. The van der Waals surface area contributed by atoms with E-state index in [0.29, 0.717) is 151 Å². The molecule has 0 aliphatic heterocycles. The summed E-state index contributed by atoms with van der Waals surface area (Å²) in [7, 11) is 9.67. The maximum atomic E-state index is 13.6. The average Bonchev–Trinajstić information content (AvgIpc) is 1.58. The normalized spacial score (nSPS) is 11.5. The van der Waals surface area contributed by atoms with Crippen LogP contribution >= 0.6 is 114 Å². The highest BCUT2D eigenvalue weighted by atomic mass is 35.5. The molecular weight excluding hydrogens is 2160 g/mol. The first-order valence-corrected chi connectivity index (χ1v) is 52.7. The molecule has 0 bridgehead atoms. The Morgan fingerprint density at radius 3 is 0.867 bits per heavy atom. The standard InChI is InChI=1S/C18H17F3N2O4S.C17H16Cl2N2O3S.2C17H17ClN2O3S.C17H16F2N2O3S.C17H17FN2O3S/c1-10-13-15(25)23(7-4-8-24)17(26)22(2)16(13)28-14(10)11-5-3-6-12(9-11)27-18(19,20)21;1-9-12-15(23)21(7-4-8-22)17(24)20(2)16(12)25-14(9)10-5-3-6-11(18)13(10)19;1-10-13-15(22)20(7-4-8-21)17(23)19(2)16(13)24-14(10)11-5-3-6-12(18)9-11;1-10-13-15(22)20(8-5-9-21)17(23)19(2)16(13)24-14(10)11-6-3-4-7-12(11)18;1-9-13-15(23)21(6-3-7-22)17(24)20(2)16(13)25-14(9)10-4-5-11(18)12(19)8-10;1-10-13-15(22)20(7-4-8-21)17(23)19(2)16(13)24-14(10)11-5-3-6-12(18)9-11/h3,5-6,9,24H,4,7-8H2,1-2H3;3,5-6,22H,4,7-8H2,1-2H3;3,5-6,9,21H,4,7-8H2,1-2H3;3-4,6-7,21H,5,8-9H2,1-2H3;4-5,8,22H,3,6-7H2,1-2H3;3,5-6,9,21H,4,7-8H2,1-2H3. The molecule has 0 radical (unpaired) electrons. The molecule has 12 aromatic heterocycles. The lowest BCUT2D eigenvalue weighted by Crippen LogP contribution is -2.39. The van der Waals surface area contributed by atoms with Gasteiger partial charge in [0.25, 0.3) is 33.4 Å². The van der Waals surface area contributed by atoms with Crippen LogP contribution in [-0.2, 0) is 81.6 Å². The van der Waals surface area contributed by atoms with Crippen LogP contribution in [0.2, 0.25) is 20.1 Å². The summed E-state index contributed by atoms with van der Waals surface area (Å²) in [6.07, 6.45) is -2.85. The van der Waals surface area contributed by atoms with Gasteiger partial charge in [-0.3, -0.25) is 83.6 Å². The number of aromatic nitrogens is 12. The molecule has 12 heterocycles. The summed E-state index contributed by atoms with van der Waals surface area (Å²) < 4.78 is 97.2. The van der Waals surface area contributed by atoms with Crippen molar-refractivity contribution in [1.82, 2.24) is 54.8 Å². The molecule has 792 valence electrons. The molecule has 0 saturated heterocycles. The SMILES string of the molecule is Cc1c(-c2ccc(F)c(F)c2)sc2c1c(=O)n(CCCO)c(=O)n2C.Cc1c(-c2cccc(Cl)c2)sc2c1c(=O)n(CCCO)c(=O)n2C.Cc1c(-c2cccc(Cl)c2Cl)sc2c1c(=O)n(CCCO)c(=O)n2C.Cc1c(-c2cccc(F)c2)sc2c1c(=O)n(CCCO)c(=O)n2C.Cc1c(-c2cccc(OC(F)(F)F)c2)sc2c1c(=O)n(CCCO)c(=O)n2C.Cc1c(-c2ccccc2Cl)sc2c1c(=O)n(CCCO)c(=O)n2C. The Balaban J connectivity index is 0.000000150. The number of hydrogen-bond donors (Lipinski definition) is 6. The van der Waals surface area contributed by atoms with Gasteiger partial charge in [-0.15, -0.1) is 81.2 Å². The van der Waals surface area contributed by atoms with Gasteiger partial charge in [0.1, 0.15) is 40.5 Å². The van der Waals surface area contributed by atoms with Crippen molar-refractivity contribution < 1.29 is 61.7 Å². The molecule has 47 heteroatoms. The molecule has 0 amide bonds. The van der Waals surface area contributed by atoms with Crippen LogP contribution < -0.4 is 72.2 Å². The number of aryl methyl sites for hydroxylation is 12. The molecule has 0 spiro atoms. The molecule has 18 aromatic rings. The molecule has 0 aliphatic carbocycles. The van der Waals surface area contributed by atoms with Crippen molar-refractivity contribution in [2.24, 2.45) is 42.3 Å². The monoisotopic (exact) mass is 2250 g/mol. The second-order valence-corrected chi connectivity index (χ2v) is 42.1. The Kier molecular flexibility index (Phi) is 37.3. The van der Waals surface area contributed by atoms with Gasteiger partial charge in [-0.1, -0.05) is 119 Å². The van der Waals surface area contributed by atoms with Crippen LogP contribution in [0, 0.1) is 59.0 Å². The predicted octanol–water partition coefficient (Wildman–Crippen LogP) is 16.6. The molecule has 31 nitrogen and oxygen atoms in total. The van der Waals surface area contributed by atoms with Crippen LogP contribution in [0.25, 0.3) is 124 Å². The third-order valence-corrected chi connectivity index (χ3v) is 34.6. The van der Waals surface area contributed by atoms with E-state index in [0.717, 1.165) is 95.6 Å². The number of halogens is 10. The number of rotatable bonds is 25. The fourth-order valence-corrected chi connectivity index (χ4v) is 25.6. The Labute approximate surface area is 891 Å². The van der Waals surface area contributed by atoms with Gasteiger partial charge in [-0.2, -0.15) is 0 Å². The lowest BCUT2D eigenvalue weighted by molar-refractivity contribution is -0.274. The van der Waals surface area contributed by atoms with Crippen LogP contribution in [0.5, 0.6) is 5.75 Å². The van der Waals surface area contributed by atoms with Crippen molar-refractivity contribution in [2.75, 3.05) is 39.6 Å². The summed E-state index contributed by atoms with van der Waals surface area (Å²) in [4.78, 5) is 159. The van der Waals surface area contributed by atoms with E-state index in [1.807, 2.05) is 63.2 Å². The number of alkyl halides is 3. The highest BCUT2D eigenvalue weighted by Gasteiger charge is 2.33. The number of aliphatic hydroxyl groups excluding tert-OH is 6. The molecule has 18 rings (SSSR count). The first kappa shape index (κ1) is 115. The van der Waals surface area contributed by atoms with Crippen molar-refractivity contribution in [2.45, 2.75) is 126 Å². The van der Waals surface area contributed by atoms with Crippen molar-refractivity contribution in [1.29, 1.82) is 0 Å². The molecule has 150 heavy (non-hydrogen) atoms. The van der Waals surface area contributed by atoms with Crippen LogP contribution in [0.1, 0.15) is 71.9 Å². The van der Waals surface area contributed by atoms with Crippen LogP contribution in [0.3, 0.4) is 0 Å². The van der Waals surface area contributed by atoms with Gasteiger partial charge in [0, 0.05) is 172 Å². The Morgan fingerprint density at radius 2 is 0.560 bits per heavy atom. The summed E-state index contributed by atoms with van der Waals surface area (Å²) in [5.74, 6) is -2.63. The zero-order chi connectivity index (χ0) is 110. The van der Waals surface area contributed by atoms with E-state index in [9.17, 15) is 83.9 Å². The fraction of sp³-hybridized carbons (Fsp3) is 0.301. The summed E-state index contributed by atoms with van der Waals surface area (Å²) >= 11 is 32.6. The van der Waals surface area contributed by atoms with E-state index in [1.54, 1.807) is 98.5 Å². The Bertz CT molecular complexity index is 8920. The minimum Gasteiger partial charge on any atom is -0.406 e. The van der Waals surface area contributed by atoms with Crippen molar-refractivity contribution in [3.8, 4) is 68.4 Å². The lowest BCUT2D eigenvalue weighted by Gasteiger charge is -2.09. The maximum Gasteiger partial charge on any atom is 0.573 e. The smallest absolute Gasteiger partial charge is 0.406 e. The summed E-state index contributed by atoms with van der Waals surface area (Å²) in [5.41, 5.74) is 3.72. The maximum absolute atomic E-state index is 13.6. The van der Waals surface area contributed by atoms with Gasteiger partial charge in [0.2, 0.25) is 0 Å². The van der Waals surface area contributed by atoms with E-state index < -0.39 is 51.9 Å². The number of aliphatic hydroxyl groups is 6. The number of ether oxygens (including phenoxy) is 1. The topological polar surface area (TPSA) is 395 Å². The fourth-order valence-electron chi connectivity index (χ4n) is 17.1. The average molecular weight is 2260 g/mol. The molecule has 6 N–H and O–H groups in total. The molecular formula is C103H100Cl4F6N12O19S6. The number of thiophene rings is 6. The van der Waals surface area contributed by atoms with E-state index >= 15 is 0 Å². The van der Waals surface area contributed by atoms with E-state index in [1.165, 1.54) is 141 Å². The second-order valence-electron chi connectivity index (χ2n) is 34.5. The molecule has 0 fully saturated rings. The van der Waals surface area contributed by atoms with Gasteiger partial charge >= 0.3 is 40.5 Å². The summed E-state index contributed by atoms with van der Waals surface area (Å²) in [6, 6.07) is 35.5. The minimum absolute atomic E-state index is 0.0655. The molecule has 0 unspecified atom stereocenters. The van der Waals surface area contributed by atoms with Crippen LogP contribution in [-0.4, -0.2) is 131 Å². The Hall–Kier alpha value is -12.5. The van der Waals surface area contributed by atoms with Crippen LogP contribution in [0.4, 0.5) is 26.3 Å². The van der Waals surface area contributed by atoms with Crippen molar-refractivity contribution in [3.05, 3.63) is 329 Å². The first-order chi connectivity index (χ1) is 71.2. The molecule has 0 atom stereocenters.